The van der Waals surface area contributed by atoms with E-state index < -0.39 is 0 Å². The second kappa shape index (κ2) is 35.9. The second-order valence-electron chi connectivity index (χ2n) is 13.5. The van der Waals surface area contributed by atoms with Crippen molar-refractivity contribution in [3.63, 3.8) is 0 Å². The molecule has 0 aliphatic rings. The number of carbonyl (C=O) groups is 1. The number of carbonyl (C=O) groups excluding carboxylic acids is 1. The number of hydrogen-bond donors (Lipinski definition) is 1. The van der Waals surface area contributed by atoms with Crippen LogP contribution in [-0.4, -0.2) is 47.1 Å². The lowest BCUT2D eigenvalue weighted by Gasteiger charge is -2.22. The smallest absolute Gasteiger partial charge is 0.311 e. The monoisotopic (exact) mass is 666 g/mol. The van der Waals surface area contributed by atoms with Gasteiger partial charge in [-0.1, -0.05) is 140 Å². The van der Waals surface area contributed by atoms with Gasteiger partial charge < -0.3 is 9.72 Å². The Morgan fingerprint density at radius 3 is 1.48 bits per heavy atom. The molecule has 1 rings (SSSR count). The Morgan fingerprint density at radius 2 is 1.04 bits per heavy atom. The first-order valence-electron chi connectivity index (χ1n) is 20.2. The zero-order valence-electron chi connectivity index (χ0n) is 31.5. The predicted molar refractivity (Wildman–Crippen MR) is 208 cm³/mol. The average Bonchev–Trinajstić information content (AvgIpc) is 3.60. The number of esters is 1. The van der Waals surface area contributed by atoms with Crippen molar-refractivity contribution in [3.8, 4) is 0 Å². The van der Waals surface area contributed by atoms with Gasteiger partial charge in [-0.05, 0) is 90.1 Å². The first kappa shape index (κ1) is 43.6. The lowest BCUT2D eigenvalue weighted by Crippen LogP contribution is -2.30. The number of unbranched alkanes of at least 4 members (excludes halogenated alkanes) is 18. The molecule has 1 heterocycles. The quantitative estimate of drug-likeness (QED) is 0.0445. The van der Waals surface area contributed by atoms with Crippen LogP contribution in [0.25, 0.3) is 0 Å². The van der Waals surface area contributed by atoms with E-state index in [0.29, 0.717) is 6.61 Å². The van der Waals surface area contributed by atoms with Gasteiger partial charge in [-0.2, -0.15) is 0 Å². The summed E-state index contributed by atoms with van der Waals surface area (Å²) in [5, 5.41) is 0. The molecule has 1 N–H and O–H groups in total. The topological polar surface area (TPSA) is 58.2 Å². The zero-order chi connectivity index (χ0) is 34.4. The largest absolute Gasteiger partial charge is 0.464 e. The van der Waals surface area contributed by atoms with E-state index >= 15 is 0 Å². The van der Waals surface area contributed by atoms with Crippen molar-refractivity contribution in [2.45, 2.75) is 174 Å². The van der Waals surface area contributed by atoms with Crippen LogP contribution in [0.3, 0.4) is 0 Å². The third-order valence-electron chi connectivity index (χ3n) is 8.91. The van der Waals surface area contributed by atoms with Gasteiger partial charge in [0.1, 0.15) is 6.61 Å². The number of hydrogen-bond acceptors (Lipinski definition) is 4. The normalized spacial score (nSPS) is 12.2. The van der Waals surface area contributed by atoms with Crippen molar-refractivity contribution in [3.05, 3.63) is 66.8 Å². The summed E-state index contributed by atoms with van der Waals surface area (Å²) in [5.41, 5.74) is 0.805. The number of aromatic amines is 1. The highest BCUT2D eigenvalue weighted by Crippen LogP contribution is 2.12. The molecule has 0 bridgehead atoms. The summed E-state index contributed by atoms with van der Waals surface area (Å²) in [7, 11) is 0. The minimum Gasteiger partial charge on any atom is -0.464 e. The van der Waals surface area contributed by atoms with E-state index in [9.17, 15) is 4.79 Å². The fourth-order valence-corrected chi connectivity index (χ4v) is 5.86. The molecule has 1 aromatic heterocycles. The van der Waals surface area contributed by atoms with Crippen LogP contribution in [-0.2, 0) is 16.0 Å². The van der Waals surface area contributed by atoms with Crippen molar-refractivity contribution in [1.82, 2.24) is 14.9 Å². The second-order valence-corrected chi connectivity index (χ2v) is 13.5. The molecule has 0 amide bonds. The molecular weight excluding hydrogens is 590 g/mol. The molecule has 5 nitrogen and oxygen atoms in total. The highest BCUT2D eigenvalue weighted by atomic mass is 16.5. The van der Waals surface area contributed by atoms with Gasteiger partial charge in [0.15, 0.2) is 0 Å². The summed E-state index contributed by atoms with van der Waals surface area (Å²) < 4.78 is 5.56. The van der Waals surface area contributed by atoms with E-state index in [1.807, 2.05) is 0 Å². The maximum absolute atomic E-state index is 12.2. The van der Waals surface area contributed by atoms with E-state index in [1.165, 1.54) is 141 Å². The van der Waals surface area contributed by atoms with Crippen LogP contribution in [0.15, 0.2) is 61.1 Å². The first-order valence-corrected chi connectivity index (χ1v) is 20.2. The van der Waals surface area contributed by atoms with Gasteiger partial charge in [0.25, 0.3) is 0 Å². The Bertz CT molecular complexity index is 870. The zero-order valence-corrected chi connectivity index (χ0v) is 31.5. The van der Waals surface area contributed by atoms with E-state index in [4.69, 9.17) is 4.74 Å². The van der Waals surface area contributed by atoms with Gasteiger partial charge in [-0.15, -0.1) is 0 Å². The van der Waals surface area contributed by atoms with Gasteiger partial charge in [-0.3, -0.25) is 9.69 Å². The van der Waals surface area contributed by atoms with Gasteiger partial charge >= 0.3 is 5.97 Å². The number of H-pyrrole nitrogens is 1. The average molecular weight is 666 g/mol. The van der Waals surface area contributed by atoms with Crippen LogP contribution in [0.5, 0.6) is 0 Å². The lowest BCUT2D eigenvalue weighted by molar-refractivity contribution is -0.143. The fourth-order valence-electron chi connectivity index (χ4n) is 5.86. The molecule has 48 heavy (non-hydrogen) atoms. The summed E-state index contributed by atoms with van der Waals surface area (Å²) in [6.45, 7) is 8.03. The molecule has 0 aromatic carbocycles. The minimum atomic E-state index is -0.179. The Labute approximate surface area is 297 Å². The molecule has 0 radical (unpaired) electrons. The molecule has 0 atom stereocenters. The van der Waals surface area contributed by atoms with Gasteiger partial charge in [0.05, 0.1) is 12.7 Å². The van der Waals surface area contributed by atoms with Crippen LogP contribution in [0.2, 0.25) is 0 Å². The minimum absolute atomic E-state index is 0.179. The number of allylic oxidation sites excluding steroid dienone is 8. The maximum Gasteiger partial charge on any atom is 0.311 e. The molecule has 0 aliphatic heterocycles. The lowest BCUT2D eigenvalue weighted by atomic mass is 10.1. The van der Waals surface area contributed by atoms with Crippen molar-refractivity contribution >= 4 is 5.97 Å². The van der Waals surface area contributed by atoms with Gasteiger partial charge in [0, 0.05) is 18.4 Å². The third-order valence-corrected chi connectivity index (χ3v) is 8.91. The van der Waals surface area contributed by atoms with Gasteiger partial charge in [0.2, 0.25) is 0 Å². The van der Waals surface area contributed by atoms with E-state index in [-0.39, 0.29) is 12.4 Å². The molecular formula is C43H75N3O2. The Kier molecular flexibility index (Phi) is 32.6. The standard InChI is InChI=1S/C43H75N3O2/c1-3-5-7-9-11-13-15-17-19-21-23-25-27-29-31-33-35-46(37-38-48-43(47)39-42-40-44-41-45-42)36-34-32-30-28-26-24-22-20-18-16-14-12-10-8-6-4-2/h11-14,17-20,40-41H,3-10,15-16,21-39H2,1-2H3,(H,44,45)/b13-11-,14-12-,19-17-,20-18-. The van der Waals surface area contributed by atoms with Crippen molar-refractivity contribution in [2.75, 3.05) is 26.2 Å². The van der Waals surface area contributed by atoms with Crippen LogP contribution >= 0.6 is 0 Å². The summed E-state index contributed by atoms with van der Waals surface area (Å²) >= 11 is 0. The maximum atomic E-state index is 12.2. The molecule has 0 saturated carbocycles. The number of nitrogens with one attached hydrogen (secondary N) is 1. The summed E-state index contributed by atoms with van der Waals surface area (Å²) in [5.74, 6) is -0.179. The van der Waals surface area contributed by atoms with Crippen LogP contribution in [0.1, 0.15) is 174 Å². The number of nitrogens with zero attached hydrogens (tertiary/aromatic N) is 2. The molecule has 0 fully saturated rings. The number of aromatic nitrogens is 2. The molecule has 0 spiro atoms. The van der Waals surface area contributed by atoms with E-state index in [0.717, 1.165) is 38.2 Å². The van der Waals surface area contributed by atoms with Gasteiger partial charge in [-0.25, -0.2) is 4.98 Å². The number of imidazole rings is 1. The fraction of sp³-hybridized carbons (Fsp3) is 0.721. The predicted octanol–water partition coefficient (Wildman–Crippen LogP) is 12.4. The Balaban J connectivity index is 2.15. The Morgan fingerprint density at radius 1 is 0.604 bits per heavy atom. The molecule has 0 saturated heterocycles. The van der Waals surface area contributed by atoms with Crippen LogP contribution in [0, 0.1) is 0 Å². The highest BCUT2D eigenvalue weighted by Gasteiger charge is 2.09. The summed E-state index contributed by atoms with van der Waals surface area (Å²) in [6, 6.07) is 0. The van der Waals surface area contributed by atoms with Crippen molar-refractivity contribution < 1.29 is 9.53 Å². The SMILES string of the molecule is CCCCC/C=C\C/C=C\CCCCCCCCN(CCCCCCCC/C=C\C/C=C\CCCCC)CCOC(=O)Cc1cnc[nH]1. The van der Waals surface area contributed by atoms with E-state index in [2.05, 4.69) is 77.3 Å². The summed E-state index contributed by atoms with van der Waals surface area (Å²) in [4.78, 5) is 21.7. The number of rotatable bonds is 35. The number of ether oxygens (including phenoxy) is 1. The molecule has 0 aliphatic carbocycles. The van der Waals surface area contributed by atoms with Crippen molar-refractivity contribution in [1.29, 1.82) is 0 Å². The highest BCUT2D eigenvalue weighted by molar-refractivity contribution is 5.71. The van der Waals surface area contributed by atoms with E-state index in [1.54, 1.807) is 12.5 Å². The van der Waals surface area contributed by atoms with Crippen LogP contribution in [0.4, 0.5) is 0 Å². The Hall–Kier alpha value is -2.40. The molecule has 5 heteroatoms. The molecule has 0 unspecified atom stereocenters. The van der Waals surface area contributed by atoms with Crippen LogP contribution < -0.4 is 0 Å². The summed E-state index contributed by atoms with van der Waals surface area (Å²) in [6.07, 6.45) is 52.9. The third kappa shape index (κ3) is 30.9. The van der Waals surface area contributed by atoms with Crippen molar-refractivity contribution in [2.24, 2.45) is 0 Å². The molecule has 1 aromatic rings. The molecule has 274 valence electrons. The first-order chi connectivity index (χ1) is 23.8.